The minimum Gasteiger partial charge on any atom is -0.394 e. The molecule has 2 aromatic carbocycles. The van der Waals surface area contributed by atoms with E-state index in [-0.39, 0.29) is 12.4 Å². The monoisotopic (exact) mass is 407 g/mol. The van der Waals surface area contributed by atoms with Gasteiger partial charge in [0.05, 0.1) is 6.61 Å². The summed E-state index contributed by atoms with van der Waals surface area (Å²) in [6, 6.07) is 8.87. The summed E-state index contributed by atoms with van der Waals surface area (Å²) in [4.78, 5) is 1.97. The van der Waals surface area contributed by atoms with Gasteiger partial charge in [-0.25, -0.2) is 8.78 Å². The molecule has 0 radical (unpaired) electrons. The molecular weight excluding hydrogens is 384 g/mol. The molecule has 156 valence electrons. The zero-order chi connectivity index (χ0) is 20.7. The zero-order valence-corrected chi connectivity index (χ0v) is 15.6. The number of rotatable bonds is 4. The van der Waals surface area contributed by atoms with Gasteiger partial charge < -0.3 is 25.2 Å². The number of nitrogens with zero attached hydrogens (tertiary/aromatic N) is 1. The third kappa shape index (κ3) is 3.92. The molecule has 2 aliphatic rings. The van der Waals surface area contributed by atoms with Gasteiger partial charge in [-0.05, 0) is 41.0 Å². The molecule has 2 aromatic rings. The van der Waals surface area contributed by atoms with Crippen LogP contribution in [0.5, 0.6) is 0 Å². The molecule has 0 amide bonds. The highest BCUT2D eigenvalue weighted by Gasteiger charge is 2.44. The van der Waals surface area contributed by atoms with E-state index in [9.17, 15) is 29.2 Å². The van der Waals surface area contributed by atoms with E-state index in [0.29, 0.717) is 24.2 Å². The largest absolute Gasteiger partial charge is 0.394 e. The number of halogens is 2. The highest BCUT2D eigenvalue weighted by Crippen LogP contribution is 2.34. The third-order valence-electron chi connectivity index (χ3n) is 5.64. The van der Waals surface area contributed by atoms with Gasteiger partial charge in [0, 0.05) is 25.2 Å². The van der Waals surface area contributed by atoms with Gasteiger partial charge >= 0.3 is 0 Å². The molecule has 4 rings (SSSR count). The topological polar surface area (TPSA) is 93.4 Å². The van der Waals surface area contributed by atoms with Crippen LogP contribution in [-0.4, -0.2) is 56.3 Å². The maximum Gasteiger partial charge on any atom is 0.127 e. The van der Waals surface area contributed by atoms with Crippen LogP contribution in [-0.2, 0) is 24.4 Å². The van der Waals surface area contributed by atoms with E-state index >= 15 is 0 Å². The Morgan fingerprint density at radius 2 is 1.69 bits per heavy atom. The standard InChI is InChI=1S/C21H23F2NO5/c22-15-3-1-12-7-24(8-13(12)6-15)9-14-5-11(2-4-16(14)23)21-20(28)19(27)18(26)17(10-25)29-21/h1-6,17-21,25-28H,7-10H2. The van der Waals surface area contributed by atoms with Crippen LogP contribution in [0.2, 0.25) is 0 Å². The van der Waals surface area contributed by atoms with Gasteiger partial charge in [-0.2, -0.15) is 0 Å². The zero-order valence-electron chi connectivity index (χ0n) is 15.6. The fraction of sp³-hybridized carbons (Fsp3) is 0.429. The summed E-state index contributed by atoms with van der Waals surface area (Å²) in [6.45, 7) is 0.807. The van der Waals surface area contributed by atoms with Crippen molar-refractivity contribution in [3.63, 3.8) is 0 Å². The van der Waals surface area contributed by atoms with E-state index < -0.39 is 42.9 Å². The number of aliphatic hydroxyl groups is 4. The van der Waals surface area contributed by atoms with Gasteiger partial charge in [-0.1, -0.05) is 12.1 Å². The number of benzene rings is 2. The predicted octanol–water partition coefficient (Wildman–Crippen LogP) is 0.995. The van der Waals surface area contributed by atoms with Gasteiger partial charge in [0.25, 0.3) is 0 Å². The first kappa shape index (κ1) is 20.3. The van der Waals surface area contributed by atoms with Crippen molar-refractivity contribution in [1.82, 2.24) is 4.90 Å². The van der Waals surface area contributed by atoms with Crippen LogP contribution in [0.25, 0.3) is 0 Å². The lowest BCUT2D eigenvalue weighted by atomic mass is 9.90. The summed E-state index contributed by atoms with van der Waals surface area (Å²) >= 11 is 0. The molecule has 5 unspecified atom stereocenters. The molecule has 4 N–H and O–H groups in total. The highest BCUT2D eigenvalue weighted by atomic mass is 19.1. The Hall–Kier alpha value is -1.94. The number of ether oxygens (including phenoxy) is 1. The van der Waals surface area contributed by atoms with Crippen molar-refractivity contribution in [2.75, 3.05) is 6.61 Å². The smallest absolute Gasteiger partial charge is 0.127 e. The summed E-state index contributed by atoms with van der Waals surface area (Å²) in [5.41, 5.74) is 2.67. The highest BCUT2D eigenvalue weighted by molar-refractivity contribution is 5.33. The summed E-state index contributed by atoms with van der Waals surface area (Å²) in [5, 5.41) is 39.6. The van der Waals surface area contributed by atoms with E-state index in [1.54, 1.807) is 12.1 Å². The number of aliphatic hydroxyl groups excluding tert-OH is 4. The van der Waals surface area contributed by atoms with Crippen molar-refractivity contribution in [1.29, 1.82) is 0 Å². The first-order valence-electron chi connectivity index (χ1n) is 9.46. The molecule has 0 saturated carbocycles. The van der Waals surface area contributed by atoms with E-state index in [2.05, 4.69) is 0 Å². The van der Waals surface area contributed by atoms with E-state index in [1.807, 2.05) is 4.90 Å². The van der Waals surface area contributed by atoms with Crippen molar-refractivity contribution < 1.29 is 33.9 Å². The minimum atomic E-state index is -1.50. The summed E-state index contributed by atoms with van der Waals surface area (Å²) < 4.78 is 33.4. The average Bonchev–Trinajstić information content (AvgIpc) is 3.10. The molecule has 0 bridgehead atoms. The first-order valence-corrected chi connectivity index (χ1v) is 9.46. The molecule has 5 atom stereocenters. The van der Waals surface area contributed by atoms with Crippen LogP contribution in [0.1, 0.15) is 28.4 Å². The number of fused-ring (bicyclic) bond motifs is 1. The van der Waals surface area contributed by atoms with E-state index in [0.717, 1.165) is 11.1 Å². The van der Waals surface area contributed by atoms with Crippen molar-refractivity contribution in [3.05, 3.63) is 70.3 Å². The fourth-order valence-electron chi connectivity index (χ4n) is 4.06. The average molecular weight is 407 g/mol. The van der Waals surface area contributed by atoms with E-state index in [4.69, 9.17) is 4.74 Å². The summed E-state index contributed by atoms with van der Waals surface area (Å²) in [6.07, 6.45) is -6.42. The molecule has 6 nitrogen and oxygen atoms in total. The Balaban J connectivity index is 1.54. The Morgan fingerprint density at radius 1 is 0.931 bits per heavy atom. The SMILES string of the molecule is OCC1OC(c2ccc(F)c(CN3Cc4ccc(F)cc4C3)c2)C(O)C(O)C1O. The van der Waals surface area contributed by atoms with Crippen molar-refractivity contribution in [2.45, 2.75) is 50.2 Å². The van der Waals surface area contributed by atoms with Crippen LogP contribution in [0.15, 0.2) is 36.4 Å². The molecule has 2 aliphatic heterocycles. The lowest BCUT2D eigenvalue weighted by Gasteiger charge is -2.40. The molecular formula is C21H23F2NO5. The second-order valence-electron chi connectivity index (χ2n) is 7.66. The second kappa shape index (κ2) is 8.06. The maximum atomic E-state index is 14.4. The van der Waals surface area contributed by atoms with Crippen LogP contribution < -0.4 is 0 Å². The van der Waals surface area contributed by atoms with Crippen molar-refractivity contribution >= 4 is 0 Å². The summed E-state index contributed by atoms with van der Waals surface area (Å²) in [5.74, 6) is -0.734. The Morgan fingerprint density at radius 3 is 2.45 bits per heavy atom. The number of hydrogen-bond acceptors (Lipinski definition) is 6. The minimum absolute atomic E-state index is 0.271. The molecule has 29 heavy (non-hydrogen) atoms. The number of hydrogen-bond donors (Lipinski definition) is 4. The van der Waals surface area contributed by atoms with Gasteiger partial charge in [-0.15, -0.1) is 0 Å². The van der Waals surface area contributed by atoms with Gasteiger partial charge in [0.1, 0.15) is 42.2 Å². The lowest BCUT2D eigenvalue weighted by Crippen LogP contribution is -2.55. The van der Waals surface area contributed by atoms with Crippen LogP contribution in [0.4, 0.5) is 8.78 Å². The molecule has 0 spiro atoms. The Kier molecular flexibility index (Phi) is 5.65. The third-order valence-corrected chi connectivity index (χ3v) is 5.64. The first-order chi connectivity index (χ1) is 13.9. The van der Waals surface area contributed by atoms with Gasteiger partial charge in [0.2, 0.25) is 0 Å². The molecule has 1 fully saturated rings. The fourth-order valence-corrected chi connectivity index (χ4v) is 4.06. The predicted molar refractivity (Wildman–Crippen MR) is 98.5 cm³/mol. The van der Waals surface area contributed by atoms with Gasteiger partial charge in [0.15, 0.2) is 0 Å². The molecule has 0 aromatic heterocycles. The van der Waals surface area contributed by atoms with Crippen LogP contribution in [0.3, 0.4) is 0 Å². The molecule has 2 heterocycles. The maximum absolute atomic E-state index is 14.4. The Labute approximate surface area is 166 Å². The normalized spacial score (nSPS) is 29.8. The molecule has 0 aliphatic carbocycles. The van der Waals surface area contributed by atoms with Crippen molar-refractivity contribution in [3.8, 4) is 0 Å². The quantitative estimate of drug-likeness (QED) is 0.604. The molecule has 1 saturated heterocycles. The lowest BCUT2D eigenvalue weighted by molar-refractivity contribution is -0.231. The van der Waals surface area contributed by atoms with Gasteiger partial charge in [-0.3, -0.25) is 4.90 Å². The van der Waals surface area contributed by atoms with Crippen molar-refractivity contribution in [2.24, 2.45) is 0 Å². The Bertz CT molecular complexity index is 893. The van der Waals surface area contributed by atoms with E-state index in [1.165, 1.54) is 24.3 Å². The summed E-state index contributed by atoms with van der Waals surface area (Å²) in [7, 11) is 0. The van der Waals surface area contributed by atoms with Crippen LogP contribution >= 0.6 is 0 Å². The van der Waals surface area contributed by atoms with Crippen LogP contribution in [0, 0.1) is 11.6 Å². The molecule has 8 heteroatoms. The second-order valence-corrected chi connectivity index (χ2v) is 7.66.